The SMILES string of the molecule is COc1cc2c(cc1OC)C(=O)N1C[C@@H](N=[N+]=[N-])C[C@H]1C=N2. The molecule has 0 radical (unpaired) electrons. The second-order valence-electron chi connectivity index (χ2n) is 5.12. The molecule has 22 heavy (non-hydrogen) atoms. The van der Waals surface area contributed by atoms with Crippen LogP contribution in [0.25, 0.3) is 10.4 Å². The summed E-state index contributed by atoms with van der Waals surface area (Å²) in [6.07, 6.45) is 2.31. The number of fused-ring (bicyclic) bond motifs is 2. The van der Waals surface area contributed by atoms with E-state index in [2.05, 4.69) is 15.0 Å². The Morgan fingerprint density at radius 1 is 1.36 bits per heavy atom. The van der Waals surface area contributed by atoms with Gasteiger partial charge in [-0.2, -0.15) is 0 Å². The average molecular weight is 301 g/mol. The van der Waals surface area contributed by atoms with Gasteiger partial charge in [0.25, 0.3) is 5.91 Å². The van der Waals surface area contributed by atoms with Crippen LogP contribution in [0.5, 0.6) is 11.5 Å². The molecule has 1 saturated heterocycles. The molecular weight excluding hydrogens is 286 g/mol. The number of nitrogens with zero attached hydrogens (tertiary/aromatic N) is 5. The highest BCUT2D eigenvalue weighted by molar-refractivity contribution is 6.03. The number of ether oxygens (including phenoxy) is 2. The molecule has 1 aromatic rings. The minimum Gasteiger partial charge on any atom is -0.493 e. The molecule has 0 aromatic heterocycles. The lowest BCUT2D eigenvalue weighted by atomic mass is 10.1. The zero-order valence-electron chi connectivity index (χ0n) is 12.3. The Morgan fingerprint density at radius 2 is 2.09 bits per heavy atom. The fraction of sp³-hybridized carbons (Fsp3) is 0.429. The van der Waals surface area contributed by atoms with Crippen molar-refractivity contribution in [3.05, 3.63) is 28.1 Å². The maximum atomic E-state index is 12.8. The van der Waals surface area contributed by atoms with E-state index in [1.807, 2.05) is 0 Å². The van der Waals surface area contributed by atoms with Crippen LogP contribution in [-0.4, -0.2) is 49.9 Å². The maximum Gasteiger partial charge on any atom is 0.256 e. The van der Waals surface area contributed by atoms with E-state index in [9.17, 15) is 4.79 Å². The second-order valence-corrected chi connectivity index (χ2v) is 5.12. The lowest BCUT2D eigenvalue weighted by molar-refractivity contribution is 0.0773. The lowest BCUT2D eigenvalue weighted by Gasteiger charge is -2.20. The number of carbonyl (C=O) groups excluding carboxylic acids is 1. The molecule has 2 aliphatic heterocycles. The largest absolute Gasteiger partial charge is 0.493 e. The molecule has 3 rings (SSSR count). The van der Waals surface area contributed by atoms with Gasteiger partial charge in [-0.15, -0.1) is 0 Å². The molecule has 8 heteroatoms. The van der Waals surface area contributed by atoms with E-state index in [1.54, 1.807) is 23.2 Å². The van der Waals surface area contributed by atoms with Gasteiger partial charge >= 0.3 is 0 Å². The van der Waals surface area contributed by atoms with E-state index < -0.39 is 0 Å². The quantitative estimate of drug-likeness (QED) is 0.486. The summed E-state index contributed by atoms with van der Waals surface area (Å²) in [4.78, 5) is 21.7. The molecule has 0 saturated carbocycles. The average Bonchev–Trinajstić information content (AvgIpc) is 2.89. The van der Waals surface area contributed by atoms with Gasteiger partial charge in [-0.1, -0.05) is 5.11 Å². The van der Waals surface area contributed by atoms with Crippen molar-refractivity contribution in [2.24, 2.45) is 10.1 Å². The first kappa shape index (κ1) is 14.2. The predicted molar refractivity (Wildman–Crippen MR) is 80.1 cm³/mol. The number of benzene rings is 1. The van der Waals surface area contributed by atoms with E-state index in [1.165, 1.54) is 14.2 Å². The van der Waals surface area contributed by atoms with E-state index >= 15 is 0 Å². The molecule has 0 aliphatic carbocycles. The molecule has 2 atom stereocenters. The van der Waals surface area contributed by atoms with Crippen molar-refractivity contribution in [2.45, 2.75) is 18.5 Å². The standard InChI is InChI=1S/C14H15N5O3/c1-21-12-4-10-11(5-13(12)22-2)16-6-9-3-8(17-18-15)7-19(9)14(10)20/h4-6,8-9H,3,7H2,1-2H3/t8-,9-/m0/s1. The van der Waals surface area contributed by atoms with Crippen LogP contribution in [-0.2, 0) is 0 Å². The highest BCUT2D eigenvalue weighted by Gasteiger charge is 2.37. The molecular formula is C14H15N5O3. The number of methoxy groups -OCH3 is 2. The molecule has 1 aromatic carbocycles. The van der Waals surface area contributed by atoms with Crippen LogP contribution >= 0.6 is 0 Å². The van der Waals surface area contributed by atoms with Gasteiger partial charge in [0.1, 0.15) is 0 Å². The van der Waals surface area contributed by atoms with Gasteiger partial charge in [-0.05, 0) is 18.0 Å². The highest BCUT2D eigenvalue weighted by Crippen LogP contribution is 2.37. The first-order valence-electron chi connectivity index (χ1n) is 6.83. The van der Waals surface area contributed by atoms with Crippen molar-refractivity contribution in [1.29, 1.82) is 0 Å². The number of hydrogen-bond donors (Lipinski definition) is 0. The van der Waals surface area contributed by atoms with Gasteiger partial charge in [0.2, 0.25) is 0 Å². The van der Waals surface area contributed by atoms with Crippen LogP contribution in [0.4, 0.5) is 5.69 Å². The van der Waals surface area contributed by atoms with Crippen LogP contribution in [0.2, 0.25) is 0 Å². The molecule has 1 amide bonds. The van der Waals surface area contributed by atoms with Crippen molar-refractivity contribution >= 4 is 17.8 Å². The van der Waals surface area contributed by atoms with Crippen molar-refractivity contribution in [2.75, 3.05) is 20.8 Å². The summed E-state index contributed by atoms with van der Waals surface area (Å²) in [6, 6.07) is 2.95. The monoisotopic (exact) mass is 301 g/mol. The third-order valence-electron chi connectivity index (χ3n) is 3.92. The normalized spacial score (nSPS) is 22.5. The molecule has 0 unspecified atom stereocenters. The number of azide groups is 1. The topological polar surface area (TPSA) is 99.9 Å². The maximum absolute atomic E-state index is 12.8. The Hall–Kier alpha value is -2.73. The molecule has 1 fully saturated rings. The van der Waals surface area contributed by atoms with Crippen LogP contribution in [0.1, 0.15) is 16.8 Å². The fourth-order valence-corrected chi connectivity index (χ4v) is 2.84. The van der Waals surface area contributed by atoms with Crippen LogP contribution in [0.3, 0.4) is 0 Å². The van der Waals surface area contributed by atoms with Gasteiger partial charge in [0.15, 0.2) is 11.5 Å². The Morgan fingerprint density at radius 3 is 2.77 bits per heavy atom. The number of carbonyl (C=O) groups is 1. The first-order chi connectivity index (χ1) is 10.7. The van der Waals surface area contributed by atoms with E-state index in [4.69, 9.17) is 15.0 Å². The Bertz CT molecular complexity index is 696. The summed E-state index contributed by atoms with van der Waals surface area (Å²) in [6.45, 7) is 0.396. The number of rotatable bonds is 3. The zero-order valence-corrected chi connectivity index (χ0v) is 12.3. The minimum atomic E-state index is -0.216. The summed E-state index contributed by atoms with van der Waals surface area (Å²) in [7, 11) is 3.06. The van der Waals surface area contributed by atoms with Gasteiger partial charge in [-0.3, -0.25) is 9.79 Å². The van der Waals surface area contributed by atoms with Crippen LogP contribution in [0, 0.1) is 0 Å². The Kier molecular flexibility index (Phi) is 3.60. The molecule has 0 bridgehead atoms. The molecule has 2 aliphatic rings. The van der Waals surface area contributed by atoms with Crippen LogP contribution in [0.15, 0.2) is 22.2 Å². The zero-order chi connectivity index (χ0) is 15.7. The molecule has 0 N–H and O–H groups in total. The fourth-order valence-electron chi connectivity index (χ4n) is 2.84. The molecule has 2 heterocycles. The number of hydrogen-bond acceptors (Lipinski definition) is 5. The Balaban J connectivity index is 2.02. The molecule has 8 nitrogen and oxygen atoms in total. The smallest absolute Gasteiger partial charge is 0.256 e. The third kappa shape index (κ3) is 2.23. The van der Waals surface area contributed by atoms with Gasteiger partial charge in [0, 0.05) is 23.7 Å². The third-order valence-corrected chi connectivity index (χ3v) is 3.92. The number of amides is 1. The summed E-state index contributed by atoms with van der Waals surface area (Å²) in [5.74, 6) is 0.864. The number of aliphatic imine (C=N–C) groups is 1. The van der Waals surface area contributed by atoms with E-state index in [-0.39, 0.29) is 18.0 Å². The minimum absolute atomic E-state index is 0.144. The van der Waals surface area contributed by atoms with Crippen molar-refractivity contribution in [1.82, 2.24) is 4.90 Å². The first-order valence-corrected chi connectivity index (χ1v) is 6.83. The van der Waals surface area contributed by atoms with Crippen LogP contribution < -0.4 is 9.47 Å². The lowest BCUT2D eigenvalue weighted by Crippen LogP contribution is -2.35. The molecule has 114 valence electrons. The van der Waals surface area contributed by atoms with E-state index in [0.29, 0.717) is 35.7 Å². The van der Waals surface area contributed by atoms with E-state index in [0.717, 1.165) is 0 Å². The van der Waals surface area contributed by atoms with Crippen molar-refractivity contribution in [3.63, 3.8) is 0 Å². The molecule has 0 spiro atoms. The summed E-state index contributed by atoms with van der Waals surface area (Å²) < 4.78 is 10.5. The highest BCUT2D eigenvalue weighted by atomic mass is 16.5. The van der Waals surface area contributed by atoms with Crippen molar-refractivity contribution in [3.8, 4) is 11.5 Å². The summed E-state index contributed by atoms with van der Waals surface area (Å²) >= 11 is 0. The predicted octanol–water partition coefficient (Wildman–Crippen LogP) is 2.31. The van der Waals surface area contributed by atoms with Gasteiger partial charge in [0.05, 0.1) is 37.6 Å². The van der Waals surface area contributed by atoms with Crippen molar-refractivity contribution < 1.29 is 14.3 Å². The summed E-state index contributed by atoms with van der Waals surface area (Å²) in [5.41, 5.74) is 9.57. The van der Waals surface area contributed by atoms with Gasteiger partial charge < -0.3 is 14.4 Å². The Labute approximate surface area is 127 Å². The van der Waals surface area contributed by atoms with Gasteiger partial charge in [-0.25, -0.2) is 0 Å². The summed E-state index contributed by atoms with van der Waals surface area (Å²) in [5, 5.41) is 3.71. The second kappa shape index (κ2) is 5.57.